The number of hydrogen-bond acceptors (Lipinski definition) is 2. The Labute approximate surface area is 332 Å². The first-order valence-corrected chi connectivity index (χ1v) is 21.3. The van der Waals surface area contributed by atoms with Gasteiger partial charge in [0.1, 0.15) is 11.5 Å². The Balaban J connectivity index is 0.946. The molecule has 12 rings (SSSR count). The average Bonchev–Trinajstić information content (AvgIpc) is 3.76. The summed E-state index contributed by atoms with van der Waals surface area (Å²) in [4.78, 5) is 2.46. The van der Waals surface area contributed by atoms with Crippen LogP contribution in [0.25, 0.3) is 22.3 Å². The van der Waals surface area contributed by atoms with Crippen LogP contribution in [-0.4, -0.2) is 0 Å². The van der Waals surface area contributed by atoms with Crippen LogP contribution in [0.1, 0.15) is 88.5 Å². The second-order valence-corrected chi connectivity index (χ2v) is 19.7. The van der Waals surface area contributed by atoms with E-state index < -0.39 is 0 Å². The van der Waals surface area contributed by atoms with Crippen molar-refractivity contribution in [3.05, 3.63) is 162 Å². The van der Waals surface area contributed by atoms with Gasteiger partial charge in [0, 0.05) is 33.6 Å². The number of fused-ring (bicyclic) bond motifs is 8. The lowest BCUT2D eigenvalue weighted by molar-refractivity contribution is -0.235. The Morgan fingerprint density at radius 2 is 1.07 bits per heavy atom. The predicted molar refractivity (Wildman–Crippen MR) is 229 cm³/mol. The molecule has 0 radical (unpaired) electrons. The molecule has 6 aromatic rings. The van der Waals surface area contributed by atoms with Gasteiger partial charge in [-0.1, -0.05) is 113 Å². The summed E-state index contributed by atoms with van der Waals surface area (Å²) in [5.41, 5.74) is 15.4. The molecular weight excluding hydrogens is 679 g/mol. The van der Waals surface area contributed by atoms with Gasteiger partial charge in [-0.3, -0.25) is 0 Å². The van der Waals surface area contributed by atoms with E-state index in [0.717, 1.165) is 35.2 Å². The molecule has 1 aliphatic heterocycles. The summed E-state index contributed by atoms with van der Waals surface area (Å²) < 4.78 is 6.74. The zero-order valence-electron chi connectivity index (χ0n) is 33.2. The first kappa shape index (κ1) is 33.1. The van der Waals surface area contributed by atoms with Crippen LogP contribution in [0.4, 0.5) is 17.1 Å². The molecule has 0 aromatic heterocycles. The Morgan fingerprint density at radius 3 is 1.80 bits per heavy atom. The molecule has 278 valence electrons. The number of anilines is 3. The van der Waals surface area contributed by atoms with E-state index in [0.29, 0.717) is 5.41 Å². The smallest absolute Gasteiger partial charge is 0.131 e. The molecule has 2 bridgehead atoms. The summed E-state index contributed by atoms with van der Waals surface area (Å²) >= 11 is 0. The highest BCUT2D eigenvalue weighted by atomic mass is 16.5. The van der Waals surface area contributed by atoms with Crippen LogP contribution in [0.5, 0.6) is 11.5 Å². The molecule has 6 unspecified atom stereocenters. The van der Waals surface area contributed by atoms with Crippen LogP contribution in [-0.2, 0) is 16.2 Å². The van der Waals surface area contributed by atoms with E-state index >= 15 is 0 Å². The fourth-order valence-corrected chi connectivity index (χ4v) is 13.7. The van der Waals surface area contributed by atoms with Crippen LogP contribution in [0, 0.1) is 29.1 Å². The van der Waals surface area contributed by atoms with Crippen LogP contribution in [0.3, 0.4) is 0 Å². The first-order chi connectivity index (χ1) is 27.2. The molecule has 5 aliphatic carbocycles. The summed E-state index contributed by atoms with van der Waals surface area (Å²) in [6.07, 6.45) is 8.14. The molecule has 2 spiro atoms. The summed E-state index contributed by atoms with van der Waals surface area (Å²) in [5.74, 6) is 5.54. The van der Waals surface area contributed by atoms with E-state index in [1.54, 1.807) is 0 Å². The van der Waals surface area contributed by atoms with Gasteiger partial charge in [0.25, 0.3) is 0 Å². The number of hydrogen-bond donors (Lipinski definition) is 0. The maximum atomic E-state index is 6.74. The van der Waals surface area contributed by atoms with Gasteiger partial charge in [-0.15, -0.1) is 0 Å². The van der Waals surface area contributed by atoms with Crippen molar-refractivity contribution < 1.29 is 4.74 Å². The van der Waals surface area contributed by atoms with Crippen molar-refractivity contribution >= 4 is 17.1 Å². The van der Waals surface area contributed by atoms with Gasteiger partial charge in [0.2, 0.25) is 0 Å². The van der Waals surface area contributed by atoms with E-state index in [2.05, 4.69) is 172 Å². The fourth-order valence-electron chi connectivity index (χ4n) is 13.7. The van der Waals surface area contributed by atoms with E-state index in [9.17, 15) is 0 Å². The van der Waals surface area contributed by atoms with Gasteiger partial charge >= 0.3 is 0 Å². The van der Waals surface area contributed by atoms with Crippen LogP contribution < -0.4 is 9.64 Å². The second kappa shape index (κ2) is 11.3. The zero-order valence-corrected chi connectivity index (χ0v) is 33.2. The van der Waals surface area contributed by atoms with Crippen molar-refractivity contribution in [1.82, 2.24) is 0 Å². The minimum absolute atomic E-state index is 0.0866. The summed E-state index contributed by atoms with van der Waals surface area (Å²) in [6.45, 7) is 9.68. The van der Waals surface area contributed by atoms with Gasteiger partial charge in [-0.05, 0) is 166 Å². The van der Waals surface area contributed by atoms with Gasteiger partial charge < -0.3 is 9.64 Å². The fraction of sp³-hybridized carbons (Fsp3) is 0.333. The molecule has 2 heteroatoms. The average molecular weight is 730 g/mol. The largest absolute Gasteiger partial charge is 0.457 e. The number of ether oxygens (including phenoxy) is 1. The summed E-state index contributed by atoms with van der Waals surface area (Å²) in [5, 5.41) is 0. The number of benzene rings is 6. The molecule has 0 N–H and O–H groups in total. The van der Waals surface area contributed by atoms with Crippen molar-refractivity contribution in [2.45, 2.75) is 82.5 Å². The molecule has 4 fully saturated rings. The maximum Gasteiger partial charge on any atom is 0.131 e. The summed E-state index contributed by atoms with van der Waals surface area (Å²) in [6, 6.07) is 52.5. The lowest BCUT2D eigenvalue weighted by atomic mass is 9.26. The lowest BCUT2D eigenvalue weighted by Gasteiger charge is -2.77. The quantitative estimate of drug-likeness (QED) is 0.175. The van der Waals surface area contributed by atoms with Crippen LogP contribution >= 0.6 is 0 Å². The van der Waals surface area contributed by atoms with Crippen molar-refractivity contribution in [3.63, 3.8) is 0 Å². The molecule has 6 atom stereocenters. The molecule has 1 heterocycles. The minimum Gasteiger partial charge on any atom is -0.457 e. The molecule has 2 nitrogen and oxygen atoms in total. The Morgan fingerprint density at radius 1 is 0.482 bits per heavy atom. The van der Waals surface area contributed by atoms with E-state index in [1.165, 1.54) is 100 Å². The molecule has 0 amide bonds. The third kappa shape index (κ3) is 4.28. The molecule has 6 aliphatic rings. The topological polar surface area (TPSA) is 12.5 Å². The predicted octanol–water partition coefficient (Wildman–Crippen LogP) is 14.3. The molecular formula is C54H51NO. The lowest BCUT2D eigenvalue weighted by Crippen LogP contribution is -2.74. The van der Waals surface area contributed by atoms with E-state index in [4.69, 9.17) is 4.74 Å². The highest BCUT2D eigenvalue weighted by Gasteiger charge is 2.84. The molecule has 0 saturated heterocycles. The van der Waals surface area contributed by atoms with Gasteiger partial charge in [-0.25, -0.2) is 0 Å². The van der Waals surface area contributed by atoms with Crippen LogP contribution in [0.2, 0.25) is 0 Å². The normalized spacial score (nSPS) is 28.9. The number of nitrogens with zero attached hydrogens (tertiary/aromatic N) is 1. The minimum atomic E-state index is 0.0866. The third-order valence-electron chi connectivity index (χ3n) is 16.3. The standard InChI is InChI=1S/C54H51NO/c1-51(2)26-27-52(3,4)45-32-42(23-24-43(45)51)55(40-19-14-36(15-20-40)35-10-6-5-7-11-35)41-21-16-37(17-22-41)38-18-25-48-46(30-38)54(44-12-8-9-13-47(44)56-48)49-29-34-28-39-31-50(54)53(39,49)33-34/h5-25,30,32,34,39,49-50H,26-29,31,33H2,1-4H3. The second-order valence-electron chi connectivity index (χ2n) is 19.7. The Bertz CT molecular complexity index is 2550. The number of rotatable bonds is 5. The maximum absolute atomic E-state index is 6.74. The number of para-hydroxylation sites is 1. The molecule has 6 aromatic carbocycles. The Hall–Kier alpha value is -5.08. The Kier molecular flexibility index (Phi) is 6.67. The van der Waals surface area contributed by atoms with Crippen molar-refractivity contribution in [2.75, 3.05) is 4.90 Å². The van der Waals surface area contributed by atoms with Crippen molar-refractivity contribution in [2.24, 2.45) is 29.1 Å². The van der Waals surface area contributed by atoms with Crippen LogP contribution in [0.15, 0.2) is 140 Å². The summed E-state index contributed by atoms with van der Waals surface area (Å²) in [7, 11) is 0. The van der Waals surface area contributed by atoms with Gasteiger partial charge in [0.05, 0.1) is 0 Å². The van der Waals surface area contributed by atoms with Gasteiger partial charge in [-0.2, -0.15) is 0 Å². The van der Waals surface area contributed by atoms with Crippen molar-refractivity contribution in [1.29, 1.82) is 0 Å². The third-order valence-corrected chi connectivity index (χ3v) is 16.3. The molecule has 56 heavy (non-hydrogen) atoms. The van der Waals surface area contributed by atoms with E-state index in [1.807, 2.05) is 0 Å². The highest BCUT2D eigenvalue weighted by Crippen LogP contribution is 2.89. The first-order valence-electron chi connectivity index (χ1n) is 21.3. The zero-order chi connectivity index (χ0) is 37.6. The SMILES string of the molecule is CC1(C)CCC(C)(C)c2cc(N(c3ccc(-c4ccccc4)cc3)c3ccc(-c4ccc5c(c4)C4(c6ccccc6O5)C5CC6CC7CC4C75C6)cc3)ccc21. The molecule has 4 saturated carbocycles. The van der Waals surface area contributed by atoms with Gasteiger partial charge in [0.15, 0.2) is 0 Å². The highest BCUT2D eigenvalue weighted by molar-refractivity contribution is 5.81. The van der Waals surface area contributed by atoms with Crippen molar-refractivity contribution in [3.8, 4) is 33.8 Å². The van der Waals surface area contributed by atoms with E-state index in [-0.39, 0.29) is 16.2 Å². The monoisotopic (exact) mass is 729 g/mol.